The Labute approximate surface area is 72.7 Å². The molecule has 0 aromatic heterocycles. The molecular weight excluding hydrogens is 160 g/mol. The minimum atomic E-state index is -0.373. The third-order valence-electron chi connectivity index (χ3n) is 1.17. The maximum Gasteiger partial charge on any atom is 0.304 e. The predicted octanol–water partition coefficient (Wildman–Crippen LogP) is 1.50. The highest BCUT2D eigenvalue weighted by atomic mass is 17.2. The van der Waals surface area contributed by atoms with E-state index in [2.05, 4.69) is 23.5 Å². The standard InChI is InChI=1S/C8H16O4/c1-7(2)4-5-11-12-6-10-8(3)9/h7H,4-6H2,1-3H3. The van der Waals surface area contributed by atoms with E-state index in [1.54, 1.807) is 0 Å². The Morgan fingerprint density at radius 3 is 2.50 bits per heavy atom. The molecule has 0 fully saturated rings. The van der Waals surface area contributed by atoms with Crippen molar-refractivity contribution in [2.75, 3.05) is 13.4 Å². The molecular formula is C8H16O4. The van der Waals surface area contributed by atoms with Crippen LogP contribution >= 0.6 is 0 Å². The Bertz CT molecular complexity index is 122. The Morgan fingerprint density at radius 1 is 1.33 bits per heavy atom. The lowest BCUT2D eigenvalue weighted by molar-refractivity contribution is -0.331. The first-order valence-electron chi connectivity index (χ1n) is 4.00. The van der Waals surface area contributed by atoms with Crippen LogP contribution in [0.15, 0.2) is 0 Å². The van der Waals surface area contributed by atoms with Gasteiger partial charge in [-0.15, -0.1) is 0 Å². The maximum absolute atomic E-state index is 10.2. The van der Waals surface area contributed by atoms with Crippen LogP contribution in [0.5, 0.6) is 0 Å². The van der Waals surface area contributed by atoms with E-state index in [-0.39, 0.29) is 12.8 Å². The van der Waals surface area contributed by atoms with Crippen molar-refractivity contribution in [1.29, 1.82) is 0 Å². The van der Waals surface area contributed by atoms with Crippen LogP contribution in [-0.4, -0.2) is 19.4 Å². The highest BCUT2D eigenvalue weighted by Crippen LogP contribution is 1.98. The number of ether oxygens (including phenoxy) is 1. The summed E-state index contributed by atoms with van der Waals surface area (Å²) in [6.07, 6.45) is 0.931. The van der Waals surface area contributed by atoms with Crippen molar-refractivity contribution in [3.63, 3.8) is 0 Å². The van der Waals surface area contributed by atoms with Gasteiger partial charge in [-0.1, -0.05) is 13.8 Å². The molecule has 0 heterocycles. The van der Waals surface area contributed by atoms with Gasteiger partial charge >= 0.3 is 5.97 Å². The summed E-state index contributed by atoms with van der Waals surface area (Å²) in [6, 6.07) is 0. The third kappa shape index (κ3) is 9.39. The van der Waals surface area contributed by atoms with Gasteiger partial charge in [0.1, 0.15) is 0 Å². The minimum Gasteiger partial charge on any atom is -0.436 e. The lowest BCUT2D eigenvalue weighted by atomic mass is 10.1. The number of hydrogen-bond acceptors (Lipinski definition) is 4. The van der Waals surface area contributed by atoms with Crippen LogP contribution in [0.25, 0.3) is 0 Å². The average molecular weight is 176 g/mol. The molecule has 0 aromatic carbocycles. The van der Waals surface area contributed by atoms with Crippen molar-refractivity contribution in [3.05, 3.63) is 0 Å². The van der Waals surface area contributed by atoms with Crippen molar-refractivity contribution in [3.8, 4) is 0 Å². The van der Waals surface area contributed by atoms with Gasteiger partial charge in [0, 0.05) is 6.92 Å². The second-order valence-electron chi connectivity index (χ2n) is 2.88. The zero-order valence-corrected chi connectivity index (χ0v) is 7.83. The van der Waals surface area contributed by atoms with E-state index in [1.807, 2.05) is 0 Å². The highest BCUT2D eigenvalue weighted by molar-refractivity contribution is 5.65. The second kappa shape index (κ2) is 7.06. The molecule has 0 bridgehead atoms. The molecule has 0 aliphatic rings. The first-order valence-corrected chi connectivity index (χ1v) is 4.00. The van der Waals surface area contributed by atoms with Crippen LogP contribution in [0.4, 0.5) is 0 Å². The van der Waals surface area contributed by atoms with Crippen LogP contribution in [0.1, 0.15) is 27.2 Å². The molecule has 0 rings (SSSR count). The minimum absolute atomic E-state index is 0.132. The van der Waals surface area contributed by atoms with Gasteiger partial charge in [0.05, 0.1) is 6.61 Å². The van der Waals surface area contributed by atoms with Crippen molar-refractivity contribution >= 4 is 5.97 Å². The van der Waals surface area contributed by atoms with Gasteiger partial charge in [0.2, 0.25) is 6.79 Å². The van der Waals surface area contributed by atoms with E-state index in [4.69, 9.17) is 4.89 Å². The van der Waals surface area contributed by atoms with Gasteiger partial charge in [0.15, 0.2) is 0 Å². The SMILES string of the molecule is CC(=O)OCOOCCC(C)C. The molecule has 72 valence electrons. The van der Waals surface area contributed by atoms with Crippen molar-refractivity contribution in [2.24, 2.45) is 5.92 Å². The second-order valence-corrected chi connectivity index (χ2v) is 2.88. The molecule has 0 saturated heterocycles. The Morgan fingerprint density at radius 2 is 2.00 bits per heavy atom. The van der Waals surface area contributed by atoms with Gasteiger partial charge in [-0.2, -0.15) is 4.89 Å². The summed E-state index contributed by atoms with van der Waals surface area (Å²) in [5, 5.41) is 0. The van der Waals surface area contributed by atoms with Gasteiger partial charge in [-0.05, 0) is 12.3 Å². The molecule has 0 aliphatic heterocycles. The zero-order valence-electron chi connectivity index (χ0n) is 7.83. The third-order valence-corrected chi connectivity index (χ3v) is 1.17. The summed E-state index contributed by atoms with van der Waals surface area (Å²) >= 11 is 0. The molecule has 0 unspecified atom stereocenters. The van der Waals surface area contributed by atoms with Gasteiger partial charge in [-0.25, -0.2) is 4.89 Å². The van der Waals surface area contributed by atoms with Crippen molar-refractivity contribution < 1.29 is 19.3 Å². The molecule has 0 aromatic rings. The van der Waals surface area contributed by atoms with Crippen LogP contribution < -0.4 is 0 Å². The lowest BCUT2D eigenvalue weighted by Gasteiger charge is -2.05. The Kier molecular flexibility index (Phi) is 6.70. The molecule has 0 saturated carbocycles. The fourth-order valence-electron chi connectivity index (χ4n) is 0.484. The normalized spacial score (nSPS) is 10.3. The lowest BCUT2D eigenvalue weighted by Crippen LogP contribution is -2.06. The molecule has 4 heteroatoms. The first-order chi connectivity index (χ1) is 5.63. The molecule has 0 atom stereocenters. The molecule has 0 radical (unpaired) electrons. The van der Waals surface area contributed by atoms with E-state index < -0.39 is 0 Å². The average Bonchev–Trinajstić information content (AvgIpc) is 1.95. The number of carbonyl (C=O) groups excluding carboxylic acids is 1. The number of hydrogen-bond donors (Lipinski definition) is 0. The molecule has 0 amide bonds. The zero-order chi connectivity index (χ0) is 9.40. The van der Waals surface area contributed by atoms with Crippen LogP contribution in [0.3, 0.4) is 0 Å². The monoisotopic (exact) mass is 176 g/mol. The highest BCUT2D eigenvalue weighted by Gasteiger charge is 1.95. The maximum atomic E-state index is 10.2. The molecule has 0 aliphatic carbocycles. The first kappa shape index (κ1) is 11.4. The summed E-state index contributed by atoms with van der Waals surface area (Å²) < 4.78 is 4.46. The van der Waals surface area contributed by atoms with Crippen molar-refractivity contribution in [2.45, 2.75) is 27.2 Å². The number of esters is 1. The largest absolute Gasteiger partial charge is 0.436 e. The molecule has 0 N–H and O–H groups in total. The van der Waals surface area contributed by atoms with E-state index in [0.717, 1.165) is 6.42 Å². The summed E-state index contributed by atoms with van der Waals surface area (Å²) in [7, 11) is 0. The summed E-state index contributed by atoms with van der Waals surface area (Å²) in [5.74, 6) is 0.213. The van der Waals surface area contributed by atoms with Gasteiger partial charge < -0.3 is 4.74 Å². The smallest absolute Gasteiger partial charge is 0.304 e. The fraction of sp³-hybridized carbons (Fsp3) is 0.875. The topological polar surface area (TPSA) is 44.8 Å². The van der Waals surface area contributed by atoms with Gasteiger partial charge in [-0.3, -0.25) is 4.79 Å². The Balaban J connectivity index is 2.96. The molecule has 0 spiro atoms. The van der Waals surface area contributed by atoms with Crippen LogP contribution in [-0.2, 0) is 19.3 Å². The number of rotatable bonds is 6. The van der Waals surface area contributed by atoms with Crippen LogP contribution in [0.2, 0.25) is 0 Å². The molecule has 12 heavy (non-hydrogen) atoms. The fourth-order valence-corrected chi connectivity index (χ4v) is 0.484. The van der Waals surface area contributed by atoms with Crippen molar-refractivity contribution in [1.82, 2.24) is 0 Å². The Hall–Kier alpha value is -0.610. The van der Waals surface area contributed by atoms with E-state index in [9.17, 15) is 4.79 Å². The quantitative estimate of drug-likeness (QED) is 0.202. The number of carbonyl (C=O) groups is 1. The summed E-state index contributed by atoms with van der Waals surface area (Å²) in [6.45, 7) is 5.90. The van der Waals surface area contributed by atoms with Crippen LogP contribution in [0, 0.1) is 5.92 Å². The summed E-state index contributed by atoms with van der Waals surface area (Å²) in [5.41, 5.74) is 0. The van der Waals surface area contributed by atoms with E-state index >= 15 is 0 Å². The predicted molar refractivity (Wildman–Crippen MR) is 43.1 cm³/mol. The van der Waals surface area contributed by atoms with E-state index in [0.29, 0.717) is 12.5 Å². The van der Waals surface area contributed by atoms with E-state index in [1.165, 1.54) is 6.92 Å². The van der Waals surface area contributed by atoms with Gasteiger partial charge in [0.25, 0.3) is 0 Å². The molecule has 4 nitrogen and oxygen atoms in total. The summed E-state index contributed by atoms with van der Waals surface area (Å²) in [4.78, 5) is 19.5.